The third-order valence-corrected chi connectivity index (χ3v) is 4.71. The molecule has 0 radical (unpaired) electrons. The number of fused-ring (bicyclic) bond motifs is 1. The van der Waals surface area contributed by atoms with Crippen LogP contribution >= 0.6 is 0 Å². The van der Waals surface area contributed by atoms with Gasteiger partial charge in [-0.2, -0.15) is 0 Å². The summed E-state index contributed by atoms with van der Waals surface area (Å²) in [6.45, 7) is 2.58. The molecule has 0 aliphatic carbocycles. The predicted molar refractivity (Wildman–Crippen MR) is 113 cm³/mol. The zero-order chi connectivity index (χ0) is 20.1. The summed E-state index contributed by atoms with van der Waals surface area (Å²) >= 11 is 0. The number of amides is 1. The van der Waals surface area contributed by atoms with Crippen molar-refractivity contribution in [3.63, 3.8) is 0 Å². The quantitative estimate of drug-likeness (QED) is 0.663. The number of para-hydroxylation sites is 1. The molecule has 0 fully saturated rings. The number of carbonyl (C=O) groups is 1. The third-order valence-electron chi connectivity index (χ3n) is 4.71. The first-order valence-corrected chi connectivity index (χ1v) is 9.45. The van der Waals surface area contributed by atoms with Crippen LogP contribution < -0.4 is 15.8 Å². The number of hydrogen-bond acceptors (Lipinski definition) is 4. The lowest BCUT2D eigenvalue weighted by atomic mass is 10.1. The van der Waals surface area contributed by atoms with Gasteiger partial charge >= 0.3 is 0 Å². The normalized spacial score (nSPS) is 10.8. The van der Waals surface area contributed by atoms with Gasteiger partial charge in [0.15, 0.2) is 0 Å². The highest BCUT2D eigenvalue weighted by Gasteiger charge is 2.07. The van der Waals surface area contributed by atoms with E-state index < -0.39 is 0 Å². The summed E-state index contributed by atoms with van der Waals surface area (Å²) < 4.78 is 0. The minimum atomic E-state index is -0.137. The number of rotatable bonds is 7. The highest BCUT2D eigenvalue weighted by atomic mass is 16.1. The van der Waals surface area contributed by atoms with Crippen molar-refractivity contribution in [2.45, 2.75) is 32.7 Å². The zero-order valence-corrected chi connectivity index (χ0v) is 16.6. The molecule has 146 valence electrons. The average molecular weight is 378 g/mol. The van der Waals surface area contributed by atoms with Crippen LogP contribution in [0.3, 0.4) is 0 Å². The molecule has 0 spiro atoms. The van der Waals surface area contributed by atoms with E-state index in [4.69, 9.17) is 0 Å². The molecule has 2 N–H and O–H groups in total. The summed E-state index contributed by atoms with van der Waals surface area (Å²) in [7, 11) is 4.03. The van der Waals surface area contributed by atoms with Crippen molar-refractivity contribution in [1.82, 2.24) is 15.3 Å². The third kappa shape index (κ3) is 4.76. The number of nitrogens with zero attached hydrogens (tertiary/aromatic N) is 2. The Bertz CT molecular complexity index is 1040. The van der Waals surface area contributed by atoms with Crippen molar-refractivity contribution >= 4 is 22.5 Å². The molecule has 1 heterocycles. The van der Waals surface area contributed by atoms with Crippen molar-refractivity contribution < 1.29 is 4.79 Å². The van der Waals surface area contributed by atoms with Crippen LogP contribution in [0.25, 0.3) is 10.9 Å². The number of hydrogen-bond donors (Lipinski definition) is 2. The molecular weight excluding hydrogens is 352 g/mol. The van der Waals surface area contributed by atoms with Crippen LogP contribution in [0.15, 0.2) is 47.3 Å². The van der Waals surface area contributed by atoms with Gasteiger partial charge in [-0.05, 0) is 42.7 Å². The van der Waals surface area contributed by atoms with Crippen LogP contribution in [0.2, 0.25) is 0 Å². The molecule has 3 rings (SSSR count). The summed E-state index contributed by atoms with van der Waals surface area (Å²) in [5.74, 6) is 0.615. The summed E-state index contributed by atoms with van der Waals surface area (Å²) in [6, 6.07) is 13.5. The highest BCUT2D eigenvalue weighted by molar-refractivity contribution is 5.77. The Morgan fingerprint density at radius 2 is 1.96 bits per heavy atom. The minimum absolute atomic E-state index is 0.00234. The molecule has 0 aliphatic heterocycles. The number of anilines is 1. The fourth-order valence-corrected chi connectivity index (χ4v) is 3.29. The van der Waals surface area contributed by atoms with Gasteiger partial charge in [0.25, 0.3) is 5.56 Å². The van der Waals surface area contributed by atoms with E-state index in [0.29, 0.717) is 42.5 Å². The molecule has 1 aromatic heterocycles. The maximum atomic E-state index is 12.1. The molecule has 28 heavy (non-hydrogen) atoms. The molecule has 0 aliphatic rings. The Labute approximate surface area is 164 Å². The van der Waals surface area contributed by atoms with Gasteiger partial charge in [-0.3, -0.25) is 9.59 Å². The van der Waals surface area contributed by atoms with Crippen molar-refractivity contribution in [1.29, 1.82) is 0 Å². The van der Waals surface area contributed by atoms with Crippen molar-refractivity contribution in [3.8, 4) is 0 Å². The summed E-state index contributed by atoms with van der Waals surface area (Å²) in [6.07, 6.45) is 1.58. The Hall–Kier alpha value is -3.15. The van der Waals surface area contributed by atoms with E-state index in [0.717, 1.165) is 5.56 Å². The van der Waals surface area contributed by atoms with Gasteiger partial charge in [0, 0.05) is 39.2 Å². The highest BCUT2D eigenvalue weighted by Crippen LogP contribution is 2.19. The van der Waals surface area contributed by atoms with Crippen LogP contribution in [0, 0.1) is 6.92 Å². The Morgan fingerprint density at radius 3 is 2.71 bits per heavy atom. The van der Waals surface area contributed by atoms with E-state index in [1.54, 1.807) is 6.07 Å². The molecule has 1 amide bonds. The lowest BCUT2D eigenvalue weighted by molar-refractivity contribution is -0.121. The Kier molecular flexibility index (Phi) is 6.09. The second-order valence-electron chi connectivity index (χ2n) is 7.18. The van der Waals surface area contributed by atoms with E-state index in [1.807, 2.05) is 38.4 Å². The minimum Gasteiger partial charge on any atom is -0.377 e. The van der Waals surface area contributed by atoms with Gasteiger partial charge in [-0.15, -0.1) is 0 Å². The number of aryl methyl sites for hydroxylation is 2. The van der Waals surface area contributed by atoms with Crippen LogP contribution in [0.4, 0.5) is 5.69 Å². The van der Waals surface area contributed by atoms with E-state index in [9.17, 15) is 9.59 Å². The van der Waals surface area contributed by atoms with Crippen molar-refractivity contribution in [3.05, 3.63) is 69.8 Å². The van der Waals surface area contributed by atoms with Gasteiger partial charge < -0.3 is 15.2 Å². The van der Waals surface area contributed by atoms with E-state index in [2.05, 4.69) is 39.2 Å². The maximum Gasteiger partial charge on any atom is 0.258 e. The fourth-order valence-electron chi connectivity index (χ4n) is 3.29. The standard InChI is InChI=1S/C22H26N4O2/c1-15-13-16(11-12-19(15)26(2)3)14-23-21(27)10-6-9-20-24-18-8-5-4-7-17(18)22(28)25-20/h4-5,7-8,11-13H,6,9-10,14H2,1-3H3,(H,23,27)(H,24,25,28). The topological polar surface area (TPSA) is 78.1 Å². The van der Waals surface area contributed by atoms with E-state index in [1.165, 1.54) is 11.3 Å². The number of benzene rings is 2. The summed E-state index contributed by atoms with van der Waals surface area (Å²) in [5, 5.41) is 3.54. The number of nitrogens with one attached hydrogen (secondary N) is 2. The summed E-state index contributed by atoms with van der Waals surface area (Å²) in [5.41, 5.74) is 3.98. The molecule has 6 heteroatoms. The molecule has 0 bridgehead atoms. The predicted octanol–water partition coefficient (Wildman–Crippen LogP) is 2.94. The Morgan fingerprint density at radius 1 is 1.18 bits per heavy atom. The van der Waals surface area contributed by atoms with Crippen LogP contribution in [0.5, 0.6) is 0 Å². The van der Waals surface area contributed by atoms with Gasteiger partial charge in [-0.1, -0.05) is 24.3 Å². The number of aromatic nitrogens is 2. The lowest BCUT2D eigenvalue weighted by Crippen LogP contribution is -2.23. The molecule has 0 unspecified atom stereocenters. The largest absolute Gasteiger partial charge is 0.377 e. The number of carbonyl (C=O) groups excluding carboxylic acids is 1. The van der Waals surface area contributed by atoms with Gasteiger partial charge in [0.05, 0.1) is 10.9 Å². The first-order valence-electron chi connectivity index (χ1n) is 9.45. The zero-order valence-electron chi connectivity index (χ0n) is 16.6. The van der Waals surface area contributed by atoms with Crippen LogP contribution in [-0.4, -0.2) is 30.0 Å². The lowest BCUT2D eigenvalue weighted by Gasteiger charge is -2.16. The summed E-state index contributed by atoms with van der Waals surface area (Å²) in [4.78, 5) is 33.5. The molecule has 0 saturated carbocycles. The van der Waals surface area contributed by atoms with E-state index in [-0.39, 0.29) is 11.5 Å². The first-order chi connectivity index (χ1) is 13.4. The number of aromatic amines is 1. The monoisotopic (exact) mass is 378 g/mol. The van der Waals surface area contributed by atoms with Crippen molar-refractivity contribution in [2.75, 3.05) is 19.0 Å². The molecule has 6 nitrogen and oxygen atoms in total. The second kappa shape index (κ2) is 8.69. The average Bonchev–Trinajstić information content (AvgIpc) is 2.66. The SMILES string of the molecule is Cc1cc(CNC(=O)CCCc2nc3ccccc3c(=O)[nH]2)ccc1N(C)C. The molecular formula is C22H26N4O2. The number of H-pyrrole nitrogens is 1. The Balaban J connectivity index is 1.50. The first kappa shape index (κ1) is 19.6. The fraction of sp³-hybridized carbons (Fsp3) is 0.318. The van der Waals surface area contributed by atoms with Crippen LogP contribution in [0.1, 0.15) is 29.8 Å². The smallest absolute Gasteiger partial charge is 0.258 e. The van der Waals surface area contributed by atoms with Gasteiger partial charge in [-0.25, -0.2) is 4.98 Å². The molecule has 3 aromatic rings. The van der Waals surface area contributed by atoms with E-state index >= 15 is 0 Å². The molecule has 2 aromatic carbocycles. The second-order valence-corrected chi connectivity index (χ2v) is 7.18. The van der Waals surface area contributed by atoms with Crippen LogP contribution in [-0.2, 0) is 17.8 Å². The van der Waals surface area contributed by atoms with Gasteiger partial charge in [0.2, 0.25) is 5.91 Å². The van der Waals surface area contributed by atoms with Gasteiger partial charge in [0.1, 0.15) is 5.82 Å². The molecule has 0 saturated heterocycles. The maximum absolute atomic E-state index is 12.1. The molecule has 0 atom stereocenters. The van der Waals surface area contributed by atoms with Crippen molar-refractivity contribution in [2.24, 2.45) is 0 Å².